The number of thiophene rings is 1. The van der Waals surface area contributed by atoms with E-state index in [1.54, 1.807) is 12.1 Å². The Morgan fingerprint density at radius 1 is 0.652 bits per heavy atom. The number of benzene rings is 8. The van der Waals surface area contributed by atoms with Crippen LogP contribution < -0.4 is 5.19 Å². The molecule has 1 radical (unpaired) electrons. The van der Waals surface area contributed by atoms with Gasteiger partial charge in [0.05, 0.1) is 24.9 Å². The molecule has 69 heavy (non-hydrogen) atoms. The van der Waals surface area contributed by atoms with Crippen molar-refractivity contribution < 1.29 is 24.2 Å². The van der Waals surface area contributed by atoms with Crippen LogP contribution in [0.2, 0.25) is 19.6 Å². The maximum absolute atomic E-state index is 7.35. The fraction of sp³-hybridized carbons (Fsp3) is 0.206. The number of nitrogens with zero attached hydrogens (tertiary/aromatic N) is 3. The van der Waals surface area contributed by atoms with E-state index in [2.05, 4.69) is 210 Å². The molecule has 0 aliphatic rings. The summed E-state index contributed by atoms with van der Waals surface area (Å²) in [6.45, 7) is 18.7. The van der Waals surface area contributed by atoms with Gasteiger partial charge in [-0.25, -0.2) is 0 Å². The number of hydrogen-bond donors (Lipinski definition) is 0. The Morgan fingerprint density at radius 2 is 1.36 bits per heavy atom. The van der Waals surface area contributed by atoms with Gasteiger partial charge in [0, 0.05) is 40.8 Å². The summed E-state index contributed by atoms with van der Waals surface area (Å²) >= 11 is 1.87. The molecule has 0 aliphatic heterocycles. The van der Waals surface area contributed by atoms with E-state index in [4.69, 9.17) is 9.10 Å². The van der Waals surface area contributed by atoms with Gasteiger partial charge in [-0.2, -0.15) is 11.3 Å². The molecule has 8 aromatic carbocycles. The molecule has 0 spiro atoms. The zero-order valence-corrected chi connectivity index (χ0v) is 45.0. The van der Waals surface area contributed by atoms with E-state index in [9.17, 15) is 0 Å². The zero-order chi connectivity index (χ0) is 49.9. The standard InChI is InChI=1S/C48H41N2S.C15H18NSi.Ir/c1-28(2)34-25-38(29(3)4)46(39(26-34)30(5)6)50-43-19-13-12-18-42(43)49-48(50)37-23-22-36(31-14-8-7-9-15-31)45-41-24-33-21-20-32-16-10-11-17-35(32)40(33)27-44(41)51-47(37)45;1-12-5-7-13(8-6-12)15-10-9-14(11-16-15)17(2,3)4;/h7-22,24-30H,1-6H3;5-7,9-11H,1-4H3;/q2*-1;/i;1D3;. The van der Waals surface area contributed by atoms with Gasteiger partial charge in [0.15, 0.2) is 0 Å². The Morgan fingerprint density at radius 3 is 2.03 bits per heavy atom. The van der Waals surface area contributed by atoms with E-state index < -0.39 is 14.9 Å². The Balaban J connectivity index is 0.000000257. The summed E-state index contributed by atoms with van der Waals surface area (Å²) in [5, 5.41) is 8.96. The van der Waals surface area contributed by atoms with Crippen LogP contribution in [-0.4, -0.2) is 22.6 Å². The fourth-order valence-electron chi connectivity index (χ4n) is 9.51. The molecule has 11 rings (SSSR count). The van der Waals surface area contributed by atoms with Crippen molar-refractivity contribution in [2.24, 2.45) is 0 Å². The molecule has 0 N–H and O–H groups in total. The molecule has 0 fully saturated rings. The molecular weight excluding hydrogens is 1050 g/mol. The molecule has 0 unspecified atom stereocenters. The van der Waals surface area contributed by atoms with E-state index in [1.165, 1.54) is 86.5 Å². The summed E-state index contributed by atoms with van der Waals surface area (Å²) in [7, 11) is -1.34. The van der Waals surface area contributed by atoms with Crippen LogP contribution in [0.3, 0.4) is 0 Å². The van der Waals surface area contributed by atoms with Crippen LogP contribution in [0.25, 0.3) is 92.2 Å². The summed E-state index contributed by atoms with van der Waals surface area (Å²) in [5.74, 6) is 2.06. The second-order valence-corrected chi connectivity index (χ2v) is 26.2. The number of hydrogen-bond acceptors (Lipinski definition) is 3. The third kappa shape index (κ3) is 9.17. The smallest absolute Gasteiger partial charge is 0.0795 e. The number of rotatable bonds is 8. The molecule has 0 atom stereocenters. The molecule has 3 nitrogen and oxygen atoms in total. The Hall–Kier alpha value is -6.01. The predicted molar refractivity (Wildman–Crippen MR) is 297 cm³/mol. The number of para-hydroxylation sites is 2. The van der Waals surface area contributed by atoms with Crippen LogP contribution in [0.1, 0.15) is 85.7 Å². The van der Waals surface area contributed by atoms with Crippen LogP contribution in [0.15, 0.2) is 158 Å². The van der Waals surface area contributed by atoms with Crippen molar-refractivity contribution in [1.29, 1.82) is 0 Å². The zero-order valence-electron chi connectivity index (χ0n) is 43.8. The molecule has 3 heterocycles. The van der Waals surface area contributed by atoms with Crippen LogP contribution >= 0.6 is 11.3 Å². The summed E-state index contributed by atoms with van der Waals surface area (Å²) in [6, 6.07) is 60.5. The minimum Gasteiger partial charge on any atom is -0.333 e. The van der Waals surface area contributed by atoms with E-state index >= 15 is 0 Å². The average Bonchev–Trinajstić information content (AvgIpc) is 3.93. The number of fused-ring (bicyclic) bond motifs is 7. The topological polar surface area (TPSA) is 30.7 Å². The summed E-state index contributed by atoms with van der Waals surface area (Å²) in [5.41, 5.74) is 12.9. The molecule has 6 heteroatoms. The molecule has 11 aromatic rings. The first-order chi connectivity index (χ1) is 34.0. The van der Waals surface area contributed by atoms with Gasteiger partial charge in [0.1, 0.15) is 0 Å². The van der Waals surface area contributed by atoms with Crippen LogP contribution in [0.4, 0.5) is 0 Å². The summed E-state index contributed by atoms with van der Waals surface area (Å²) < 4.78 is 27.0. The number of imidazole rings is 1. The molecule has 0 aliphatic carbocycles. The maximum Gasteiger partial charge on any atom is 0.0795 e. The number of pyridine rings is 1. The number of aryl methyl sites for hydroxylation is 1. The van der Waals surface area contributed by atoms with Gasteiger partial charge in [0.2, 0.25) is 0 Å². The van der Waals surface area contributed by atoms with Crippen LogP contribution in [0, 0.1) is 19.0 Å². The normalized spacial score (nSPS) is 12.7. The summed E-state index contributed by atoms with van der Waals surface area (Å²) in [4.78, 5) is 9.94. The van der Waals surface area contributed by atoms with Crippen molar-refractivity contribution in [3.63, 3.8) is 0 Å². The molecule has 0 saturated carbocycles. The maximum atomic E-state index is 7.35. The predicted octanol–water partition coefficient (Wildman–Crippen LogP) is 17.6. The SMILES string of the molecule is CC(C)c1cc(C(C)C)c(-n2c(-c3[c-]cc(-c4ccccc4)c4c3sc3cc5c(ccc6ccccc65)cc34)nc3ccccc32)c(C(C)C)c1.[2H]C([2H])([2H])c1c[c-]c(-c2ccc([Si](C)(C)C)cn2)cc1.[Ir]. The Kier molecular flexibility index (Phi) is 12.4. The van der Waals surface area contributed by atoms with Crippen molar-refractivity contribution >= 4 is 77.3 Å². The fourth-order valence-corrected chi connectivity index (χ4v) is 11.8. The molecule has 0 amide bonds. The first-order valence-electron chi connectivity index (χ1n) is 25.4. The largest absolute Gasteiger partial charge is 0.333 e. The van der Waals surface area contributed by atoms with Crippen molar-refractivity contribution in [1.82, 2.24) is 14.5 Å². The van der Waals surface area contributed by atoms with Crippen molar-refractivity contribution in [3.8, 4) is 39.5 Å². The van der Waals surface area contributed by atoms with Crippen LogP contribution in [-0.2, 0) is 20.1 Å². The first kappa shape index (κ1) is 44.2. The number of aromatic nitrogens is 3. The quantitative estimate of drug-likeness (QED) is 0.0862. The van der Waals surface area contributed by atoms with Crippen molar-refractivity contribution in [2.45, 2.75) is 85.8 Å². The van der Waals surface area contributed by atoms with E-state index in [-0.39, 0.29) is 20.1 Å². The van der Waals surface area contributed by atoms with Gasteiger partial charge in [-0.15, -0.1) is 47.5 Å². The van der Waals surface area contributed by atoms with Gasteiger partial charge in [-0.1, -0.05) is 193 Å². The Bertz CT molecular complexity index is 3670. The van der Waals surface area contributed by atoms with Crippen molar-refractivity contribution in [2.75, 3.05) is 0 Å². The Labute approximate surface area is 430 Å². The first-order valence-corrected chi connectivity index (χ1v) is 28.2. The monoisotopic (exact) mass is 1110 g/mol. The van der Waals surface area contributed by atoms with Gasteiger partial charge in [-0.05, 0) is 101 Å². The van der Waals surface area contributed by atoms with Gasteiger partial charge < -0.3 is 9.55 Å². The minimum atomic E-state index is -2.08. The second kappa shape index (κ2) is 19.4. The molecule has 0 bridgehead atoms. The van der Waals surface area contributed by atoms with E-state index in [1.807, 2.05) is 23.6 Å². The van der Waals surface area contributed by atoms with E-state index in [0.29, 0.717) is 23.3 Å². The van der Waals surface area contributed by atoms with Gasteiger partial charge in [-0.3, -0.25) is 4.98 Å². The van der Waals surface area contributed by atoms with Gasteiger partial charge >= 0.3 is 0 Å². The molecule has 3 aromatic heterocycles. The molecule has 347 valence electrons. The second-order valence-electron chi connectivity index (χ2n) is 20.1. The summed E-state index contributed by atoms with van der Waals surface area (Å²) in [6.07, 6.45) is 1.92. The molecule has 0 saturated heterocycles. The third-order valence-electron chi connectivity index (χ3n) is 13.3. The van der Waals surface area contributed by atoms with E-state index in [0.717, 1.165) is 33.7 Å². The van der Waals surface area contributed by atoms with Crippen molar-refractivity contribution in [3.05, 3.63) is 192 Å². The van der Waals surface area contributed by atoms with Crippen LogP contribution in [0.5, 0.6) is 0 Å². The third-order valence-corrected chi connectivity index (χ3v) is 16.5. The molecular formula is C63H59IrN3SSi-2. The average molecular weight is 1110 g/mol. The minimum absolute atomic E-state index is 0. The van der Waals surface area contributed by atoms with Gasteiger partial charge in [0.25, 0.3) is 0 Å².